The van der Waals surface area contributed by atoms with Gasteiger partial charge >= 0.3 is 6.03 Å². The monoisotopic (exact) mass is 389 g/mol. The predicted octanol–water partition coefficient (Wildman–Crippen LogP) is 4.67. The third-order valence-electron chi connectivity index (χ3n) is 4.29. The summed E-state index contributed by atoms with van der Waals surface area (Å²) in [6.07, 6.45) is 1.60. The highest BCUT2D eigenvalue weighted by atomic mass is 32.1. The first kappa shape index (κ1) is 17.9. The number of hydrogen-bond acceptors (Lipinski definition) is 5. The molecule has 7 heteroatoms. The van der Waals surface area contributed by atoms with Gasteiger partial charge in [0.1, 0.15) is 0 Å². The van der Waals surface area contributed by atoms with E-state index in [4.69, 9.17) is 0 Å². The van der Waals surface area contributed by atoms with E-state index in [2.05, 4.69) is 26.9 Å². The van der Waals surface area contributed by atoms with Crippen LogP contribution in [-0.2, 0) is 0 Å². The van der Waals surface area contributed by atoms with E-state index in [1.54, 1.807) is 6.21 Å². The van der Waals surface area contributed by atoms with Gasteiger partial charge in [0.05, 0.1) is 16.4 Å². The van der Waals surface area contributed by atoms with Gasteiger partial charge in [-0.3, -0.25) is 5.32 Å². The van der Waals surface area contributed by atoms with E-state index < -0.39 is 6.03 Å². The highest BCUT2D eigenvalue weighted by molar-refractivity contribution is 7.22. The number of rotatable bonds is 4. The largest absolute Gasteiger partial charge is 0.378 e. The summed E-state index contributed by atoms with van der Waals surface area (Å²) in [5.41, 5.74) is 5.37. The van der Waals surface area contributed by atoms with Gasteiger partial charge in [-0.05, 0) is 29.1 Å². The molecule has 0 atom stereocenters. The van der Waals surface area contributed by atoms with Crippen molar-refractivity contribution in [1.82, 2.24) is 10.4 Å². The highest BCUT2D eigenvalue weighted by Crippen LogP contribution is 2.31. The second kappa shape index (κ2) is 7.66. The number of hydrogen-bond donors (Lipinski definition) is 2. The molecule has 4 aromatic rings. The standard InChI is InChI=1S/C21H19N5OS/c1-26(2)16-10-7-14(8-11-16)13-22-25-20(27)24-21-23-19-17-6-4-3-5-15(17)9-12-18(19)28-21/h3-13H,1-2H3,(H2,23,24,25,27)/b22-13+. The number of anilines is 2. The Hall–Kier alpha value is -3.45. The lowest BCUT2D eigenvalue weighted by Crippen LogP contribution is -2.24. The maximum Gasteiger partial charge on any atom is 0.341 e. The minimum Gasteiger partial charge on any atom is -0.378 e. The van der Waals surface area contributed by atoms with Crippen LogP contribution in [0.15, 0.2) is 65.8 Å². The van der Waals surface area contributed by atoms with Crippen molar-refractivity contribution in [2.45, 2.75) is 0 Å². The lowest BCUT2D eigenvalue weighted by molar-refractivity contribution is 0.252. The third-order valence-corrected chi connectivity index (χ3v) is 5.23. The van der Waals surface area contributed by atoms with E-state index in [1.165, 1.54) is 11.3 Å². The number of nitrogens with one attached hydrogen (secondary N) is 2. The van der Waals surface area contributed by atoms with Crippen molar-refractivity contribution < 1.29 is 4.79 Å². The van der Waals surface area contributed by atoms with Crippen LogP contribution in [0.2, 0.25) is 0 Å². The lowest BCUT2D eigenvalue weighted by Gasteiger charge is -2.11. The van der Waals surface area contributed by atoms with Gasteiger partial charge in [-0.15, -0.1) is 0 Å². The minimum atomic E-state index is -0.426. The lowest BCUT2D eigenvalue weighted by atomic mass is 10.1. The number of nitrogens with zero attached hydrogens (tertiary/aromatic N) is 3. The molecular formula is C21H19N5OS. The van der Waals surface area contributed by atoms with Crippen LogP contribution in [0.1, 0.15) is 5.56 Å². The summed E-state index contributed by atoms with van der Waals surface area (Å²) in [6, 6.07) is 19.6. The number of thiazole rings is 1. The molecule has 2 N–H and O–H groups in total. The number of carbonyl (C=O) groups is 1. The molecule has 0 saturated heterocycles. The quantitative estimate of drug-likeness (QED) is 0.394. The molecule has 0 unspecified atom stereocenters. The van der Waals surface area contributed by atoms with Crippen molar-refractivity contribution in [3.8, 4) is 0 Å². The second-order valence-electron chi connectivity index (χ2n) is 6.46. The fourth-order valence-electron chi connectivity index (χ4n) is 2.86. The van der Waals surface area contributed by atoms with E-state index >= 15 is 0 Å². The Morgan fingerprint density at radius 2 is 1.86 bits per heavy atom. The van der Waals surface area contributed by atoms with Crippen LogP contribution in [0.3, 0.4) is 0 Å². The maximum atomic E-state index is 12.1. The van der Waals surface area contributed by atoms with E-state index in [1.807, 2.05) is 73.6 Å². The Kier molecular flexibility index (Phi) is 4.90. The molecule has 6 nitrogen and oxygen atoms in total. The fraction of sp³-hybridized carbons (Fsp3) is 0.0952. The molecule has 140 valence electrons. The van der Waals surface area contributed by atoms with Crippen molar-refractivity contribution >= 4 is 55.4 Å². The normalized spacial score (nSPS) is 11.2. The summed E-state index contributed by atoms with van der Waals surface area (Å²) in [5, 5.41) is 9.47. The first-order valence-electron chi connectivity index (χ1n) is 8.76. The van der Waals surface area contributed by atoms with Gasteiger partial charge in [0.15, 0.2) is 5.13 Å². The van der Waals surface area contributed by atoms with Crippen molar-refractivity contribution in [1.29, 1.82) is 0 Å². The van der Waals surface area contributed by atoms with Crippen molar-refractivity contribution in [3.63, 3.8) is 0 Å². The fourth-order valence-corrected chi connectivity index (χ4v) is 3.74. The van der Waals surface area contributed by atoms with Gasteiger partial charge in [0, 0.05) is 25.2 Å². The van der Waals surface area contributed by atoms with E-state index in [-0.39, 0.29) is 0 Å². The Morgan fingerprint density at radius 3 is 2.64 bits per heavy atom. The molecular weight excluding hydrogens is 370 g/mol. The molecule has 0 aliphatic rings. The smallest absolute Gasteiger partial charge is 0.341 e. The molecule has 28 heavy (non-hydrogen) atoms. The molecule has 0 bridgehead atoms. The van der Waals surface area contributed by atoms with Crippen molar-refractivity contribution in [2.75, 3.05) is 24.3 Å². The highest BCUT2D eigenvalue weighted by Gasteiger charge is 2.09. The summed E-state index contributed by atoms with van der Waals surface area (Å²) < 4.78 is 1.03. The molecule has 0 saturated carbocycles. The summed E-state index contributed by atoms with van der Waals surface area (Å²) in [4.78, 5) is 18.7. The Balaban J connectivity index is 1.43. The average molecular weight is 389 g/mol. The molecule has 1 aromatic heterocycles. The summed E-state index contributed by atoms with van der Waals surface area (Å²) in [5.74, 6) is 0. The zero-order chi connectivity index (χ0) is 19.5. The molecule has 2 amide bonds. The molecule has 0 aliphatic carbocycles. The number of fused-ring (bicyclic) bond motifs is 3. The number of benzene rings is 3. The third kappa shape index (κ3) is 3.79. The van der Waals surface area contributed by atoms with E-state index in [0.717, 1.165) is 32.2 Å². The molecule has 0 radical (unpaired) electrons. The van der Waals surface area contributed by atoms with Gasteiger partial charge in [-0.25, -0.2) is 15.2 Å². The average Bonchev–Trinajstić information content (AvgIpc) is 3.11. The van der Waals surface area contributed by atoms with Gasteiger partial charge in [0.2, 0.25) is 0 Å². The first-order chi connectivity index (χ1) is 13.6. The van der Waals surface area contributed by atoms with Gasteiger partial charge in [-0.2, -0.15) is 5.10 Å². The topological polar surface area (TPSA) is 69.6 Å². The number of carbonyl (C=O) groups excluding carboxylic acids is 1. The second-order valence-corrected chi connectivity index (χ2v) is 7.49. The summed E-state index contributed by atoms with van der Waals surface area (Å²) >= 11 is 1.43. The number of hydrazone groups is 1. The number of urea groups is 1. The van der Waals surface area contributed by atoms with Gasteiger partial charge in [-0.1, -0.05) is 53.8 Å². The molecule has 4 rings (SSSR count). The molecule has 0 fully saturated rings. The summed E-state index contributed by atoms with van der Waals surface area (Å²) in [7, 11) is 3.97. The van der Waals surface area contributed by atoms with Crippen molar-refractivity contribution in [2.24, 2.45) is 5.10 Å². The van der Waals surface area contributed by atoms with Crippen molar-refractivity contribution in [3.05, 3.63) is 66.2 Å². The number of aromatic nitrogens is 1. The van der Waals surface area contributed by atoms with Crippen LogP contribution in [0.5, 0.6) is 0 Å². The Bertz CT molecular complexity index is 1160. The predicted molar refractivity (Wildman–Crippen MR) is 118 cm³/mol. The molecule has 0 aliphatic heterocycles. The molecule has 1 heterocycles. The van der Waals surface area contributed by atoms with Crippen LogP contribution in [0, 0.1) is 0 Å². The zero-order valence-corrected chi connectivity index (χ0v) is 16.3. The first-order valence-corrected chi connectivity index (χ1v) is 9.57. The Morgan fingerprint density at radius 1 is 1.07 bits per heavy atom. The molecule has 0 spiro atoms. The van der Waals surface area contributed by atoms with Gasteiger partial charge in [0.25, 0.3) is 0 Å². The molecule has 3 aromatic carbocycles. The number of amides is 2. The minimum absolute atomic E-state index is 0.426. The summed E-state index contributed by atoms with van der Waals surface area (Å²) in [6.45, 7) is 0. The van der Waals surface area contributed by atoms with Crippen LogP contribution in [-0.4, -0.2) is 31.3 Å². The van der Waals surface area contributed by atoms with Crippen LogP contribution >= 0.6 is 11.3 Å². The van der Waals surface area contributed by atoms with E-state index in [0.29, 0.717) is 5.13 Å². The van der Waals surface area contributed by atoms with Crippen LogP contribution < -0.4 is 15.6 Å². The van der Waals surface area contributed by atoms with Crippen LogP contribution in [0.4, 0.5) is 15.6 Å². The van der Waals surface area contributed by atoms with E-state index in [9.17, 15) is 4.79 Å². The van der Waals surface area contributed by atoms with Gasteiger partial charge < -0.3 is 4.90 Å². The SMILES string of the molecule is CN(C)c1ccc(/C=N/NC(=O)Nc2nc3c(ccc4ccccc43)s2)cc1. The van der Waals surface area contributed by atoms with Crippen LogP contribution in [0.25, 0.3) is 21.0 Å². The zero-order valence-electron chi connectivity index (χ0n) is 15.5. The maximum absolute atomic E-state index is 12.1. The Labute approximate surface area is 166 Å².